The fraction of sp³-hybridized carbons (Fsp3) is 0.333. The zero-order valence-electron chi connectivity index (χ0n) is 39.6. The molecule has 0 aliphatic heterocycles. The molecule has 4 aromatic carbocycles. The Morgan fingerprint density at radius 2 is 0.879 bits per heavy atom. The van der Waals surface area contributed by atoms with E-state index in [-0.39, 0.29) is 47.4 Å². The topological polar surface area (TPSA) is 75.0 Å². The number of fused-ring (bicyclic) bond motifs is 3. The third-order valence-corrected chi connectivity index (χ3v) is 11.2. The van der Waals surface area contributed by atoms with Gasteiger partial charge in [-0.3, -0.25) is 0 Å². The molecule has 344 valence electrons. The molecule has 0 unspecified atom stereocenters. The zero-order chi connectivity index (χ0) is 45.1. The monoisotopic (exact) mass is 1150 g/mol. The van der Waals surface area contributed by atoms with Crippen molar-refractivity contribution in [3.63, 3.8) is 0 Å². The molecule has 4 aromatic heterocycles. The van der Waals surface area contributed by atoms with Crippen molar-refractivity contribution in [2.75, 3.05) is 0 Å². The molecule has 8 aromatic rings. The summed E-state index contributed by atoms with van der Waals surface area (Å²) in [5.41, 5.74) is 10.4. The van der Waals surface area contributed by atoms with E-state index in [4.69, 9.17) is 19.4 Å². The largest absolute Gasteiger partial charge is 2.00 e. The quantitative estimate of drug-likeness (QED) is 0.0709. The Kier molecular flexibility index (Phi) is 17.0. The molecule has 9 heteroatoms. The summed E-state index contributed by atoms with van der Waals surface area (Å²) in [6.07, 6.45) is 10.7. The number of hydrogen-bond donors (Lipinski definition) is 0. The molecule has 4 heterocycles. The van der Waals surface area contributed by atoms with Gasteiger partial charge >= 0.3 is 41.5 Å². The number of pyridine rings is 2. The van der Waals surface area contributed by atoms with Gasteiger partial charge in [-0.2, -0.15) is 22.9 Å². The first-order valence-electron chi connectivity index (χ1n) is 22.9. The van der Waals surface area contributed by atoms with Crippen LogP contribution in [0.4, 0.5) is 0 Å². The number of aromatic nitrogens is 5. The summed E-state index contributed by atoms with van der Waals surface area (Å²) in [5.74, 6) is 5.01. The van der Waals surface area contributed by atoms with Gasteiger partial charge in [0.05, 0.1) is 0 Å². The van der Waals surface area contributed by atoms with Crippen LogP contribution in [0, 0.1) is 47.9 Å². The van der Waals surface area contributed by atoms with Gasteiger partial charge in [0.1, 0.15) is 0 Å². The normalized spacial score (nSPS) is 11.6. The van der Waals surface area contributed by atoms with Gasteiger partial charge in [-0.15, -0.1) is 58.7 Å². The van der Waals surface area contributed by atoms with Crippen LogP contribution in [0.1, 0.15) is 103 Å². The Morgan fingerprint density at radius 3 is 1.24 bits per heavy atom. The molecule has 0 spiro atoms. The number of rotatable bonds is 16. The minimum Gasteiger partial charge on any atom is -0.502 e. The van der Waals surface area contributed by atoms with Crippen LogP contribution < -0.4 is 9.47 Å². The van der Waals surface area contributed by atoms with Crippen LogP contribution in [0.2, 0.25) is 0 Å². The van der Waals surface area contributed by atoms with E-state index in [0.29, 0.717) is 52.6 Å². The smallest absolute Gasteiger partial charge is 0.502 e. The van der Waals surface area contributed by atoms with Crippen LogP contribution in [0.25, 0.3) is 50.3 Å². The molecule has 0 saturated carbocycles. The van der Waals surface area contributed by atoms with Gasteiger partial charge in [-0.05, 0) is 35.0 Å². The van der Waals surface area contributed by atoms with E-state index >= 15 is 0 Å². The maximum Gasteiger partial charge on any atom is 2.00 e. The maximum absolute atomic E-state index is 7.08. The number of nitrogens with zero attached hydrogens (tertiary/aromatic N) is 5. The van der Waals surface area contributed by atoms with Crippen LogP contribution in [-0.2, 0) is 67.2 Å². The Bertz CT molecular complexity index is 2700. The molecule has 0 fully saturated rings. The fourth-order valence-electron chi connectivity index (χ4n) is 8.25. The average Bonchev–Trinajstić information content (AvgIpc) is 3.56. The molecule has 0 aliphatic rings. The second-order valence-electron chi connectivity index (χ2n) is 19.1. The van der Waals surface area contributed by atoms with Crippen molar-refractivity contribution in [3.05, 3.63) is 150 Å². The predicted octanol–water partition coefficient (Wildman–Crippen LogP) is 14.4. The van der Waals surface area contributed by atoms with E-state index in [0.717, 1.165) is 97.8 Å². The van der Waals surface area contributed by atoms with Crippen LogP contribution in [0.3, 0.4) is 0 Å². The van der Waals surface area contributed by atoms with E-state index in [1.54, 1.807) is 0 Å². The Morgan fingerprint density at radius 1 is 0.485 bits per heavy atom. The van der Waals surface area contributed by atoms with Crippen molar-refractivity contribution in [1.82, 2.24) is 24.5 Å². The van der Waals surface area contributed by atoms with Crippen LogP contribution in [-0.4, -0.2) is 24.5 Å². The van der Waals surface area contributed by atoms with E-state index in [1.807, 2.05) is 61.2 Å². The predicted molar refractivity (Wildman–Crippen MR) is 259 cm³/mol. The molecule has 7 nitrogen and oxygen atoms in total. The van der Waals surface area contributed by atoms with E-state index < -0.39 is 0 Å². The van der Waals surface area contributed by atoms with Gasteiger partial charge in [0, 0.05) is 47.8 Å². The Labute approximate surface area is 420 Å². The first-order valence-corrected chi connectivity index (χ1v) is 22.9. The zero-order valence-corrected chi connectivity index (χ0v) is 43.5. The molecular formula is C57H59N5O2PdPt. The molecule has 66 heavy (non-hydrogen) atoms. The molecule has 0 saturated heterocycles. The standard InChI is InChI=1S/C57H59N5O2.Pd.Pt/c1-35(2)23-42-19-17-40(49-15-11-13-21-58-49)29-53(42)63-55-31-51-47(27-44(55)25-37(5)6)48-28-45(26-38(7)8)56(32-52(48)62(51)57-60-33-46(34-61-57)39(9)10)64-54-30-41(50-16-12-14-22-59-50)18-20-43(54)24-36(3)4;;/h11-22,27-28,33-39H,23-26H2,1-10H3;;/q-4;2*+2. The van der Waals surface area contributed by atoms with Gasteiger partial charge < -0.3 is 24.0 Å². The van der Waals surface area contributed by atoms with Crippen LogP contribution in [0.15, 0.2) is 97.6 Å². The summed E-state index contributed by atoms with van der Waals surface area (Å²) in [4.78, 5) is 19.3. The van der Waals surface area contributed by atoms with Crippen molar-refractivity contribution in [3.8, 4) is 51.5 Å². The summed E-state index contributed by atoms with van der Waals surface area (Å²) >= 11 is 0. The van der Waals surface area contributed by atoms with Gasteiger partial charge in [0.2, 0.25) is 5.95 Å². The summed E-state index contributed by atoms with van der Waals surface area (Å²) < 4.78 is 16.2. The Hall–Kier alpha value is -4.99. The van der Waals surface area contributed by atoms with Crippen LogP contribution >= 0.6 is 0 Å². The Balaban J connectivity index is 0.00000360. The first-order chi connectivity index (χ1) is 30.8. The summed E-state index contributed by atoms with van der Waals surface area (Å²) in [6.45, 7) is 22.2. The number of ether oxygens (including phenoxy) is 2. The van der Waals surface area contributed by atoms with Crippen molar-refractivity contribution < 1.29 is 51.0 Å². The van der Waals surface area contributed by atoms with Crippen molar-refractivity contribution >= 4 is 21.8 Å². The molecule has 0 amide bonds. The van der Waals surface area contributed by atoms with E-state index in [1.165, 1.54) is 0 Å². The molecule has 0 radical (unpaired) electrons. The van der Waals surface area contributed by atoms with Gasteiger partial charge in [-0.25, -0.2) is 9.97 Å². The molecule has 8 rings (SSSR count). The van der Waals surface area contributed by atoms with Gasteiger partial charge in [0.25, 0.3) is 0 Å². The third kappa shape index (κ3) is 11.6. The summed E-state index contributed by atoms with van der Waals surface area (Å²) in [7, 11) is 0. The van der Waals surface area contributed by atoms with Crippen molar-refractivity contribution in [1.29, 1.82) is 0 Å². The summed E-state index contributed by atoms with van der Waals surface area (Å²) in [5, 5.41) is 2.06. The molecule has 0 aliphatic carbocycles. The molecule has 0 N–H and O–H groups in total. The maximum atomic E-state index is 7.08. The number of benzene rings is 4. The second kappa shape index (κ2) is 22.2. The molecule has 0 bridgehead atoms. The minimum absolute atomic E-state index is 0. The van der Waals surface area contributed by atoms with Crippen molar-refractivity contribution in [2.24, 2.45) is 23.7 Å². The van der Waals surface area contributed by atoms with Crippen molar-refractivity contribution in [2.45, 2.75) is 101 Å². The number of hydrogen-bond acceptors (Lipinski definition) is 6. The van der Waals surface area contributed by atoms with Crippen LogP contribution in [0.5, 0.6) is 23.0 Å². The minimum atomic E-state index is 0. The third-order valence-electron chi connectivity index (χ3n) is 11.2. The SMILES string of the molecule is CC(C)Cc1ccc(-c2ccccn2)[c-]c1Oc1[c-]c2c(cc1CC(C)C)c1cc(CC(C)C)c(Oc3[c-]c(-c4ccccn4)ccc3CC(C)C)[c-]c1n2-c1ncc(C(C)C)cn1.[Pd+2].[Pt+2]. The molecule has 0 atom stereocenters. The van der Waals surface area contributed by atoms with Gasteiger partial charge in [0.15, 0.2) is 0 Å². The van der Waals surface area contributed by atoms with E-state index in [2.05, 4.69) is 144 Å². The van der Waals surface area contributed by atoms with Gasteiger partial charge in [-0.1, -0.05) is 177 Å². The molecular weight excluding hydrogens is 1090 g/mol. The van der Waals surface area contributed by atoms with E-state index in [9.17, 15) is 0 Å². The average molecular weight is 1150 g/mol. The first kappa shape index (κ1) is 50.4. The second-order valence-corrected chi connectivity index (χ2v) is 19.1. The fourth-order valence-corrected chi connectivity index (χ4v) is 8.25. The summed E-state index contributed by atoms with van der Waals surface area (Å²) in [6, 6.07) is 39.8.